The molecule has 0 amide bonds. The van der Waals surface area contributed by atoms with Crippen LogP contribution >= 0.6 is 0 Å². The summed E-state index contributed by atoms with van der Waals surface area (Å²) in [5.41, 5.74) is 7.82. The molecule has 0 aliphatic rings. The van der Waals surface area contributed by atoms with Crippen molar-refractivity contribution in [3.63, 3.8) is 0 Å². The molecule has 2 rings (SSSR count). The molecular formula is C14H15N3O2. The number of nitrogens with zero attached hydrogens (tertiary/aromatic N) is 2. The summed E-state index contributed by atoms with van der Waals surface area (Å²) < 4.78 is 0. The minimum absolute atomic E-state index is 0.0252. The van der Waals surface area contributed by atoms with Gasteiger partial charge in [-0.3, -0.25) is 10.1 Å². The van der Waals surface area contributed by atoms with Crippen LogP contribution in [0.3, 0.4) is 0 Å². The molecule has 0 aliphatic heterocycles. The van der Waals surface area contributed by atoms with E-state index in [4.69, 9.17) is 5.73 Å². The number of aromatic nitrogens is 1. The highest BCUT2D eigenvalue weighted by Gasteiger charge is 2.15. The van der Waals surface area contributed by atoms with Crippen molar-refractivity contribution in [2.75, 3.05) is 6.54 Å². The molecule has 1 aromatic heterocycles. The summed E-state index contributed by atoms with van der Waals surface area (Å²) in [6.07, 6.45) is 3.41. The van der Waals surface area contributed by atoms with Crippen molar-refractivity contribution < 1.29 is 4.92 Å². The maximum atomic E-state index is 11.0. The van der Waals surface area contributed by atoms with Gasteiger partial charge >= 0.3 is 0 Å². The Morgan fingerprint density at radius 1 is 1.21 bits per heavy atom. The predicted molar refractivity (Wildman–Crippen MR) is 73.7 cm³/mol. The number of nitro groups is 1. The minimum atomic E-state index is -0.412. The highest BCUT2D eigenvalue weighted by Crippen LogP contribution is 2.27. The number of rotatable bonds is 5. The SMILES string of the molecule is NCCCc1ccc(-c2ncccc2[N+](=O)[O-])cc1. The lowest BCUT2D eigenvalue weighted by atomic mass is 10.0. The molecule has 5 heteroatoms. The highest BCUT2D eigenvalue weighted by atomic mass is 16.6. The first kappa shape index (κ1) is 13.2. The van der Waals surface area contributed by atoms with E-state index in [1.807, 2.05) is 24.3 Å². The number of hydrogen-bond acceptors (Lipinski definition) is 4. The van der Waals surface area contributed by atoms with Crippen LogP contribution in [0.15, 0.2) is 42.6 Å². The first-order valence-electron chi connectivity index (χ1n) is 6.11. The van der Waals surface area contributed by atoms with Gasteiger partial charge in [0.15, 0.2) is 0 Å². The average Bonchev–Trinajstić information content (AvgIpc) is 2.45. The van der Waals surface area contributed by atoms with Gasteiger partial charge in [0.25, 0.3) is 5.69 Å². The highest BCUT2D eigenvalue weighted by molar-refractivity contribution is 5.69. The van der Waals surface area contributed by atoms with E-state index in [0.29, 0.717) is 12.2 Å². The maximum absolute atomic E-state index is 11.0. The Labute approximate surface area is 111 Å². The molecule has 0 atom stereocenters. The zero-order valence-electron chi connectivity index (χ0n) is 10.5. The van der Waals surface area contributed by atoms with Crippen LogP contribution in [-0.2, 0) is 6.42 Å². The summed E-state index contributed by atoms with van der Waals surface area (Å²) in [5, 5.41) is 11.0. The fourth-order valence-corrected chi connectivity index (χ4v) is 1.90. The monoisotopic (exact) mass is 257 g/mol. The molecule has 1 aromatic carbocycles. The molecule has 0 saturated heterocycles. The molecule has 98 valence electrons. The smallest absolute Gasteiger partial charge is 0.295 e. The number of benzene rings is 1. The summed E-state index contributed by atoms with van der Waals surface area (Å²) in [6.45, 7) is 0.660. The molecule has 0 saturated carbocycles. The molecule has 0 spiro atoms. The first-order valence-corrected chi connectivity index (χ1v) is 6.11. The summed E-state index contributed by atoms with van der Waals surface area (Å²) >= 11 is 0. The van der Waals surface area contributed by atoms with Gasteiger partial charge in [-0.05, 0) is 31.0 Å². The second kappa shape index (κ2) is 6.06. The Morgan fingerprint density at radius 2 is 1.95 bits per heavy atom. The van der Waals surface area contributed by atoms with E-state index in [2.05, 4.69) is 4.98 Å². The Balaban J connectivity index is 2.30. The number of hydrogen-bond donors (Lipinski definition) is 1. The van der Waals surface area contributed by atoms with E-state index in [-0.39, 0.29) is 5.69 Å². The van der Waals surface area contributed by atoms with Crippen LogP contribution in [0.1, 0.15) is 12.0 Å². The van der Waals surface area contributed by atoms with Gasteiger partial charge in [-0.15, -0.1) is 0 Å². The van der Waals surface area contributed by atoms with E-state index >= 15 is 0 Å². The summed E-state index contributed by atoms with van der Waals surface area (Å²) in [7, 11) is 0. The Morgan fingerprint density at radius 3 is 2.58 bits per heavy atom. The zero-order valence-corrected chi connectivity index (χ0v) is 10.5. The van der Waals surface area contributed by atoms with E-state index in [9.17, 15) is 10.1 Å². The predicted octanol–water partition coefficient (Wildman–Crippen LogP) is 2.55. The van der Waals surface area contributed by atoms with E-state index in [1.165, 1.54) is 11.6 Å². The van der Waals surface area contributed by atoms with Crippen molar-refractivity contribution in [2.45, 2.75) is 12.8 Å². The van der Waals surface area contributed by atoms with Gasteiger partial charge in [0.05, 0.1) is 4.92 Å². The van der Waals surface area contributed by atoms with E-state index in [0.717, 1.165) is 18.4 Å². The van der Waals surface area contributed by atoms with Crippen LogP contribution in [0, 0.1) is 10.1 Å². The zero-order chi connectivity index (χ0) is 13.7. The standard InChI is InChI=1S/C14H15N3O2/c15-9-1-3-11-5-7-12(8-6-11)14-13(17(18)19)4-2-10-16-14/h2,4-8,10H,1,3,9,15H2. The van der Waals surface area contributed by atoms with Crippen LogP contribution in [0.25, 0.3) is 11.3 Å². The fraction of sp³-hybridized carbons (Fsp3) is 0.214. The molecule has 2 aromatic rings. The molecule has 0 bridgehead atoms. The van der Waals surface area contributed by atoms with Crippen LogP contribution in [0.4, 0.5) is 5.69 Å². The van der Waals surface area contributed by atoms with Gasteiger partial charge in [0.2, 0.25) is 0 Å². The molecular weight excluding hydrogens is 242 g/mol. The van der Waals surface area contributed by atoms with Gasteiger partial charge in [0.1, 0.15) is 5.69 Å². The normalized spacial score (nSPS) is 10.4. The molecule has 0 radical (unpaired) electrons. The van der Waals surface area contributed by atoms with Crippen LogP contribution in [0.2, 0.25) is 0 Å². The summed E-state index contributed by atoms with van der Waals surface area (Å²) in [4.78, 5) is 14.6. The van der Waals surface area contributed by atoms with Crippen molar-refractivity contribution in [1.82, 2.24) is 4.98 Å². The molecule has 0 aliphatic carbocycles. The van der Waals surface area contributed by atoms with E-state index < -0.39 is 4.92 Å². The Hall–Kier alpha value is -2.27. The molecule has 0 unspecified atom stereocenters. The Kier molecular flexibility index (Phi) is 4.20. The number of nitrogens with two attached hydrogens (primary N) is 1. The van der Waals surface area contributed by atoms with Gasteiger partial charge in [0, 0.05) is 17.8 Å². The summed E-state index contributed by atoms with van der Waals surface area (Å²) in [6, 6.07) is 10.7. The first-order chi connectivity index (χ1) is 9.22. The molecule has 1 heterocycles. The van der Waals surface area contributed by atoms with Crippen molar-refractivity contribution in [1.29, 1.82) is 0 Å². The third kappa shape index (κ3) is 3.14. The number of pyridine rings is 1. The van der Waals surface area contributed by atoms with Crippen molar-refractivity contribution in [2.24, 2.45) is 5.73 Å². The van der Waals surface area contributed by atoms with Crippen molar-refractivity contribution in [3.05, 3.63) is 58.3 Å². The van der Waals surface area contributed by atoms with Crippen molar-refractivity contribution in [3.8, 4) is 11.3 Å². The molecule has 2 N–H and O–H groups in total. The van der Waals surface area contributed by atoms with Gasteiger partial charge < -0.3 is 5.73 Å². The average molecular weight is 257 g/mol. The molecule has 5 nitrogen and oxygen atoms in total. The Bertz CT molecular complexity index is 567. The number of aryl methyl sites for hydroxylation is 1. The van der Waals surface area contributed by atoms with Crippen LogP contribution in [-0.4, -0.2) is 16.5 Å². The second-order valence-electron chi connectivity index (χ2n) is 4.22. The second-order valence-corrected chi connectivity index (χ2v) is 4.22. The lowest BCUT2D eigenvalue weighted by Gasteiger charge is -2.04. The quantitative estimate of drug-likeness (QED) is 0.659. The maximum Gasteiger partial charge on any atom is 0.295 e. The minimum Gasteiger partial charge on any atom is -0.330 e. The van der Waals surface area contributed by atoms with Gasteiger partial charge in [-0.2, -0.15) is 0 Å². The molecule has 19 heavy (non-hydrogen) atoms. The largest absolute Gasteiger partial charge is 0.330 e. The van der Waals surface area contributed by atoms with Gasteiger partial charge in [-0.1, -0.05) is 24.3 Å². The van der Waals surface area contributed by atoms with Crippen molar-refractivity contribution >= 4 is 5.69 Å². The summed E-state index contributed by atoms with van der Waals surface area (Å²) in [5.74, 6) is 0. The van der Waals surface area contributed by atoms with Gasteiger partial charge in [-0.25, -0.2) is 4.98 Å². The third-order valence-electron chi connectivity index (χ3n) is 2.88. The van der Waals surface area contributed by atoms with Crippen LogP contribution in [0.5, 0.6) is 0 Å². The topological polar surface area (TPSA) is 82.0 Å². The lowest BCUT2D eigenvalue weighted by molar-refractivity contribution is -0.384. The third-order valence-corrected chi connectivity index (χ3v) is 2.88. The fourth-order valence-electron chi connectivity index (χ4n) is 1.90. The molecule has 0 fully saturated rings. The van der Waals surface area contributed by atoms with E-state index in [1.54, 1.807) is 12.3 Å². The lowest BCUT2D eigenvalue weighted by Crippen LogP contribution is -2.00. The van der Waals surface area contributed by atoms with Crippen LogP contribution < -0.4 is 5.73 Å².